The highest BCUT2D eigenvalue weighted by Crippen LogP contribution is 2.40. The molecule has 0 saturated heterocycles. The minimum absolute atomic E-state index is 0.109. The van der Waals surface area contributed by atoms with Gasteiger partial charge in [-0.15, -0.1) is 0 Å². The third-order valence-corrected chi connectivity index (χ3v) is 6.06. The van der Waals surface area contributed by atoms with Gasteiger partial charge in [0.05, 0.1) is 5.41 Å². The molecule has 0 spiro atoms. The lowest BCUT2D eigenvalue weighted by Crippen LogP contribution is -2.56. The SMILES string of the molecule is CC(C)(C(=O)NC1C2CCCC1CC(N)C2)c1ccc(Cl)cc1. The second-order valence-corrected chi connectivity index (χ2v) is 8.25. The molecule has 2 fully saturated rings. The summed E-state index contributed by atoms with van der Waals surface area (Å²) in [6.45, 7) is 3.96. The second kappa shape index (κ2) is 6.45. The lowest BCUT2D eigenvalue weighted by molar-refractivity contribution is -0.128. The first-order chi connectivity index (χ1) is 10.9. The lowest BCUT2D eigenvalue weighted by Gasteiger charge is -2.46. The Labute approximate surface area is 144 Å². The van der Waals surface area contributed by atoms with Crippen molar-refractivity contribution in [2.75, 3.05) is 0 Å². The van der Waals surface area contributed by atoms with Gasteiger partial charge in [-0.2, -0.15) is 0 Å². The predicted molar refractivity (Wildman–Crippen MR) is 94.4 cm³/mol. The Morgan fingerprint density at radius 3 is 2.30 bits per heavy atom. The summed E-state index contributed by atoms with van der Waals surface area (Å²) in [5.41, 5.74) is 6.62. The topological polar surface area (TPSA) is 55.1 Å². The zero-order chi connectivity index (χ0) is 16.6. The second-order valence-electron chi connectivity index (χ2n) is 7.81. The molecule has 0 aliphatic heterocycles. The van der Waals surface area contributed by atoms with Gasteiger partial charge in [-0.25, -0.2) is 0 Å². The molecule has 2 aliphatic rings. The Bertz CT molecular complexity index is 555. The number of benzene rings is 1. The molecular weight excluding hydrogens is 308 g/mol. The first kappa shape index (κ1) is 16.8. The van der Waals surface area contributed by atoms with Gasteiger partial charge >= 0.3 is 0 Å². The molecule has 2 saturated carbocycles. The molecule has 0 aromatic heterocycles. The first-order valence-electron chi connectivity index (χ1n) is 8.70. The Morgan fingerprint density at radius 2 is 1.74 bits per heavy atom. The fourth-order valence-electron chi connectivity index (χ4n) is 4.35. The monoisotopic (exact) mass is 334 g/mol. The summed E-state index contributed by atoms with van der Waals surface area (Å²) in [6, 6.07) is 8.19. The normalized spacial score (nSPS) is 30.8. The van der Waals surface area contributed by atoms with Crippen molar-refractivity contribution < 1.29 is 4.79 Å². The van der Waals surface area contributed by atoms with Gasteiger partial charge in [0, 0.05) is 17.1 Å². The van der Waals surface area contributed by atoms with Crippen molar-refractivity contribution in [3.8, 4) is 0 Å². The minimum Gasteiger partial charge on any atom is -0.352 e. The number of carbonyl (C=O) groups is 1. The summed E-state index contributed by atoms with van der Waals surface area (Å²) in [7, 11) is 0. The third-order valence-electron chi connectivity index (χ3n) is 5.81. The van der Waals surface area contributed by atoms with Crippen LogP contribution in [0.2, 0.25) is 5.02 Å². The lowest BCUT2D eigenvalue weighted by atomic mass is 9.66. The number of nitrogens with one attached hydrogen (secondary N) is 1. The van der Waals surface area contributed by atoms with Crippen LogP contribution in [0.4, 0.5) is 0 Å². The molecule has 0 radical (unpaired) electrons. The van der Waals surface area contributed by atoms with Gasteiger partial charge in [0.15, 0.2) is 0 Å². The number of halogens is 1. The maximum atomic E-state index is 13.0. The van der Waals surface area contributed by atoms with Crippen LogP contribution in [0.5, 0.6) is 0 Å². The number of fused-ring (bicyclic) bond motifs is 2. The molecule has 1 amide bonds. The zero-order valence-corrected chi connectivity index (χ0v) is 14.8. The predicted octanol–water partition coefficient (Wildman–Crippen LogP) is 3.64. The fraction of sp³-hybridized carbons (Fsp3) is 0.632. The molecule has 4 heteroatoms. The van der Waals surface area contributed by atoms with Crippen molar-refractivity contribution >= 4 is 17.5 Å². The average molecular weight is 335 g/mol. The van der Waals surface area contributed by atoms with Crippen molar-refractivity contribution in [2.45, 2.75) is 63.5 Å². The molecule has 3 nitrogen and oxygen atoms in total. The Kier molecular flexibility index (Phi) is 4.70. The molecule has 1 aromatic carbocycles. The minimum atomic E-state index is -0.557. The Balaban J connectivity index is 1.74. The van der Waals surface area contributed by atoms with Crippen LogP contribution in [0.15, 0.2) is 24.3 Å². The molecule has 2 unspecified atom stereocenters. The summed E-state index contributed by atoms with van der Waals surface area (Å²) in [5.74, 6) is 1.20. The standard InChI is InChI=1S/C19H27ClN2O/c1-19(2,14-6-8-15(20)9-7-14)18(23)22-17-12-4-3-5-13(17)11-16(21)10-12/h6-9,12-13,16-17H,3-5,10-11,21H2,1-2H3,(H,22,23). The summed E-state index contributed by atoms with van der Waals surface area (Å²) in [5, 5.41) is 4.06. The summed E-state index contributed by atoms with van der Waals surface area (Å²) >= 11 is 5.96. The smallest absolute Gasteiger partial charge is 0.230 e. The van der Waals surface area contributed by atoms with Gasteiger partial charge in [-0.05, 0) is 69.1 Å². The van der Waals surface area contributed by atoms with Crippen molar-refractivity contribution in [1.29, 1.82) is 0 Å². The summed E-state index contributed by atoms with van der Waals surface area (Å²) < 4.78 is 0. The summed E-state index contributed by atoms with van der Waals surface area (Å²) in [6.07, 6.45) is 5.74. The maximum Gasteiger partial charge on any atom is 0.230 e. The number of rotatable bonds is 3. The van der Waals surface area contributed by atoms with Crippen molar-refractivity contribution in [3.05, 3.63) is 34.9 Å². The molecule has 3 rings (SSSR count). The van der Waals surface area contributed by atoms with Crippen molar-refractivity contribution in [1.82, 2.24) is 5.32 Å². The van der Waals surface area contributed by atoms with Gasteiger partial charge in [0.1, 0.15) is 0 Å². The van der Waals surface area contributed by atoms with E-state index in [1.165, 1.54) is 19.3 Å². The highest BCUT2D eigenvalue weighted by Gasteiger charge is 2.42. The van der Waals surface area contributed by atoms with E-state index in [0.29, 0.717) is 28.9 Å². The largest absolute Gasteiger partial charge is 0.352 e. The molecule has 126 valence electrons. The average Bonchev–Trinajstić information content (AvgIpc) is 2.48. The van der Waals surface area contributed by atoms with Crippen molar-refractivity contribution in [2.24, 2.45) is 17.6 Å². The number of nitrogens with two attached hydrogens (primary N) is 1. The van der Waals surface area contributed by atoms with Gasteiger partial charge < -0.3 is 11.1 Å². The molecular formula is C19H27ClN2O. The van der Waals surface area contributed by atoms with Crippen LogP contribution >= 0.6 is 11.6 Å². The van der Waals surface area contributed by atoms with Gasteiger partial charge in [0.2, 0.25) is 5.91 Å². The Hall–Kier alpha value is -1.06. The van der Waals surface area contributed by atoms with Gasteiger partial charge in [-0.3, -0.25) is 4.79 Å². The van der Waals surface area contributed by atoms with Crippen LogP contribution in [0, 0.1) is 11.8 Å². The van der Waals surface area contributed by atoms with Crippen LogP contribution in [0.3, 0.4) is 0 Å². The molecule has 2 aliphatic carbocycles. The quantitative estimate of drug-likeness (QED) is 0.886. The van der Waals surface area contributed by atoms with Gasteiger partial charge in [-0.1, -0.05) is 30.2 Å². The highest BCUT2D eigenvalue weighted by molar-refractivity contribution is 6.30. The van der Waals surface area contributed by atoms with E-state index in [9.17, 15) is 4.79 Å². The van der Waals surface area contributed by atoms with E-state index < -0.39 is 5.41 Å². The summed E-state index contributed by atoms with van der Waals surface area (Å²) in [4.78, 5) is 13.0. The number of hydrogen-bond acceptors (Lipinski definition) is 2. The fourth-order valence-corrected chi connectivity index (χ4v) is 4.48. The van der Waals surface area contributed by atoms with E-state index in [-0.39, 0.29) is 5.91 Å². The van der Waals surface area contributed by atoms with E-state index >= 15 is 0 Å². The molecule has 3 N–H and O–H groups in total. The van der Waals surface area contributed by atoms with E-state index in [4.69, 9.17) is 17.3 Å². The third kappa shape index (κ3) is 3.41. The first-order valence-corrected chi connectivity index (χ1v) is 9.08. The van der Waals surface area contributed by atoms with E-state index in [1.54, 1.807) is 0 Å². The zero-order valence-electron chi connectivity index (χ0n) is 14.0. The van der Waals surface area contributed by atoms with Crippen LogP contribution < -0.4 is 11.1 Å². The van der Waals surface area contributed by atoms with E-state index in [1.807, 2.05) is 38.1 Å². The molecule has 23 heavy (non-hydrogen) atoms. The molecule has 2 atom stereocenters. The number of amides is 1. The van der Waals surface area contributed by atoms with E-state index in [0.717, 1.165) is 18.4 Å². The Morgan fingerprint density at radius 1 is 1.17 bits per heavy atom. The van der Waals surface area contributed by atoms with Crippen LogP contribution in [-0.4, -0.2) is 18.0 Å². The van der Waals surface area contributed by atoms with Crippen molar-refractivity contribution in [3.63, 3.8) is 0 Å². The molecule has 2 bridgehead atoms. The van der Waals surface area contributed by atoms with Gasteiger partial charge in [0.25, 0.3) is 0 Å². The van der Waals surface area contributed by atoms with Crippen LogP contribution in [-0.2, 0) is 10.2 Å². The van der Waals surface area contributed by atoms with E-state index in [2.05, 4.69) is 5.32 Å². The van der Waals surface area contributed by atoms with Crippen LogP contribution in [0.25, 0.3) is 0 Å². The molecule has 0 heterocycles. The highest BCUT2D eigenvalue weighted by atomic mass is 35.5. The maximum absolute atomic E-state index is 13.0. The number of carbonyl (C=O) groups excluding carboxylic acids is 1. The van der Waals surface area contributed by atoms with Crippen LogP contribution in [0.1, 0.15) is 51.5 Å². The number of hydrogen-bond donors (Lipinski definition) is 2. The molecule has 1 aromatic rings.